The van der Waals surface area contributed by atoms with Gasteiger partial charge in [-0.1, -0.05) is 32.0 Å². The van der Waals surface area contributed by atoms with E-state index in [4.69, 9.17) is 18.5 Å². The van der Waals surface area contributed by atoms with Gasteiger partial charge in [0.05, 0.1) is 19.3 Å². The van der Waals surface area contributed by atoms with Gasteiger partial charge in [-0.15, -0.1) is 0 Å². The quantitative estimate of drug-likeness (QED) is 0.383. The first-order valence-electron chi connectivity index (χ1n) is 10.5. The SMILES string of the molecule is CCCOC(=O)CNP(OCC1CC(C)C(n2ccc(=O)[nH]c2=O)O1)Oc1ccccc1. The van der Waals surface area contributed by atoms with Gasteiger partial charge >= 0.3 is 20.2 Å². The van der Waals surface area contributed by atoms with Crippen molar-refractivity contribution in [3.05, 3.63) is 63.4 Å². The minimum atomic E-state index is -1.64. The molecule has 4 unspecified atom stereocenters. The molecule has 1 aliphatic rings. The Hall–Kier alpha value is -2.52. The number of rotatable bonds is 11. The number of nitrogens with zero attached hydrogens (tertiary/aromatic N) is 1. The number of hydrogen-bond acceptors (Lipinski definition) is 8. The highest BCUT2D eigenvalue weighted by atomic mass is 31.2. The van der Waals surface area contributed by atoms with Gasteiger partial charge in [-0.3, -0.25) is 19.1 Å². The van der Waals surface area contributed by atoms with Crippen LogP contribution in [0.25, 0.3) is 0 Å². The van der Waals surface area contributed by atoms with Crippen LogP contribution in [0, 0.1) is 5.92 Å². The average molecular weight is 465 g/mol. The summed E-state index contributed by atoms with van der Waals surface area (Å²) in [6.45, 7) is 4.41. The number of ether oxygens (including phenoxy) is 2. The van der Waals surface area contributed by atoms with Crippen molar-refractivity contribution in [1.82, 2.24) is 14.6 Å². The second-order valence-corrected chi connectivity index (χ2v) is 8.66. The van der Waals surface area contributed by atoms with Crippen LogP contribution in [0.15, 0.2) is 52.2 Å². The van der Waals surface area contributed by atoms with Crippen LogP contribution in [0.2, 0.25) is 0 Å². The summed E-state index contributed by atoms with van der Waals surface area (Å²) in [7, 11) is -1.64. The van der Waals surface area contributed by atoms with E-state index < -0.39 is 26.0 Å². The van der Waals surface area contributed by atoms with Gasteiger partial charge in [0.25, 0.3) is 5.56 Å². The Bertz CT molecular complexity index is 981. The molecule has 1 aromatic carbocycles. The van der Waals surface area contributed by atoms with Crippen molar-refractivity contribution in [2.24, 2.45) is 5.92 Å². The Morgan fingerprint density at radius 2 is 2.06 bits per heavy atom. The van der Waals surface area contributed by atoms with Gasteiger partial charge in [0.1, 0.15) is 18.5 Å². The third-order valence-electron chi connectivity index (χ3n) is 4.71. The van der Waals surface area contributed by atoms with Crippen LogP contribution >= 0.6 is 8.53 Å². The number of carbonyl (C=O) groups excluding carboxylic acids is 1. The molecular formula is C21H28N3O7P. The highest BCUT2D eigenvalue weighted by molar-refractivity contribution is 7.45. The summed E-state index contributed by atoms with van der Waals surface area (Å²) in [6, 6.07) is 10.4. The maximum absolute atomic E-state index is 12.1. The predicted molar refractivity (Wildman–Crippen MR) is 118 cm³/mol. The summed E-state index contributed by atoms with van der Waals surface area (Å²) in [5.74, 6) is 0.250. The Kier molecular flexibility index (Phi) is 8.99. The van der Waals surface area contributed by atoms with Gasteiger partial charge in [-0.2, -0.15) is 0 Å². The first-order chi connectivity index (χ1) is 15.5. The lowest BCUT2D eigenvalue weighted by atomic mass is 10.1. The van der Waals surface area contributed by atoms with Crippen molar-refractivity contribution in [2.75, 3.05) is 19.8 Å². The van der Waals surface area contributed by atoms with E-state index in [9.17, 15) is 14.4 Å². The molecule has 0 bridgehead atoms. The molecule has 1 fully saturated rings. The smallest absolute Gasteiger partial charge is 0.330 e. The molecule has 32 heavy (non-hydrogen) atoms. The fourth-order valence-electron chi connectivity index (χ4n) is 3.22. The van der Waals surface area contributed by atoms with Crippen molar-refractivity contribution in [2.45, 2.75) is 39.0 Å². The van der Waals surface area contributed by atoms with Crippen LogP contribution in [0.5, 0.6) is 5.75 Å². The van der Waals surface area contributed by atoms with Gasteiger partial charge in [0, 0.05) is 18.2 Å². The number of aromatic amines is 1. The molecule has 2 heterocycles. The first kappa shape index (κ1) is 24.1. The molecule has 0 radical (unpaired) electrons. The maximum Gasteiger partial charge on any atom is 0.330 e. The normalized spacial score (nSPS) is 21.2. The van der Waals surface area contributed by atoms with Gasteiger partial charge in [-0.05, 0) is 25.0 Å². The number of carbonyl (C=O) groups is 1. The first-order valence-corrected chi connectivity index (χ1v) is 11.7. The lowest BCUT2D eigenvalue weighted by molar-refractivity contribution is -0.142. The average Bonchev–Trinajstić information content (AvgIpc) is 3.15. The summed E-state index contributed by atoms with van der Waals surface area (Å²) >= 11 is 0. The molecule has 0 aliphatic carbocycles. The number of aromatic nitrogens is 2. The summed E-state index contributed by atoms with van der Waals surface area (Å²) in [5.41, 5.74) is -0.970. The highest BCUT2D eigenvalue weighted by Crippen LogP contribution is 2.38. The zero-order valence-electron chi connectivity index (χ0n) is 18.1. The topological polar surface area (TPSA) is 121 Å². The van der Waals surface area contributed by atoms with E-state index in [1.165, 1.54) is 16.8 Å². The van der Waals surface area contributed by atoms with Crippen molar-refractivity contribution in [3.63, 3.8) is 0 Å². The van der Waals surface area contributed by atoms with Crippen LogP contribution in [0.4, 0.5) is 0 Å². The molecule has 174 valence electrons. The summed E-state index contributed by atoms with van der Waals surface area (Å²) < 4.78 is 24.3. The molecule has 11 heteroatoms. The van der Waals surface area contributed by atoms with Gasteiger partial charge in [0.15, 0.2) is 0 Å². The van der Waals surface area contributed by atoms with Crippen molar-refractivity contribution in [3.8, 4) is 5.75 Å². The van der Waals surface area contributed by atoms with Crippen LogP contribution in [0.3, 0.4) is 0 Å². The largest absolute Gasteiger partial charge is 0.465 e. The summed E-state index contributed by atoms with van der Waals surface area (Å²) in [4.78, 5) is 37.5. The van der Waals surface area contributed by atoms with Crippen LogP contribution < -0.4 is 20.9 Å². The number of H-pyrrole nitrogens is 1. The molecule has 10 nitrogen and oxygen atoms in total. The molecule has 4 atom stereocenters. The van der Waals surface area contributed by atoms with Crippen LogP contribution in [-0.2, 0) is 18.8 Å². The monoisotopic (exact) mass is 465 g/mol. The number of nitrogens with one attached hydrogen (secondary N) is 2. The van der Waals surface area contributed by atoms with Crippen molar-refractivity contribution < 1.29 is 23.3 Å². The number of para-hydroxylation sites is 1. The van der Waals surface area contributed by atoms with Crippen LogP contribution in [-0.4, -0.2) is 41.4 Å². The zero-order chi connectivity index (χ0) is 22.9. The Morgan fingerprint density at radius 3 is 2.78 bits per heavy atom. The molecule has 0 saturated carbocycles. The molecule has 1 saturated heterocycles. The lowest BCUT2D eigenvalue weighted by Gasteiger charge is -2.21. The fraction of sp³-hybridized carbons (Fsp3) is 0.476. The molecule has 1 aromatic heterocycles. The van der Waals surface area contributed by atoms with E-state index in [0.29, 0.717) is 18.8 Å². The van der Waals surface area contributed by atoms with Crippen molar-refractivity contribution >= 4 is 14.5 Å². The standard InChI is InChI=1S/C21H28N3O7P/c1-3-11-28-19(26)13-22-32(31-16-7-5-4-6-8-16)29-14-17-12-15(2)20(30-17)24-10-9-18(25)23-21(24)27/h4-10,15,17,20,22H,3,11-14H2,1-2H3,(H,23,25,27). The molecule has 0 spiro atoms. The zero-order valence-corrected chi connectivity index (χ0v) is 19.0. The van der Waals surface area contributed by atoms with Gasteiger partial charge < -0.3 is 18.5 Å². The molecule has 1 aliphatic heterocycles. The van der Waals surface area contributed by atoms with Crippen molar-refractivity contribution in [1.29, 1.82) is 0 Å². The Balaban J connectivity index is 1.58. The van der Waals surface area contributed by atoms with E-state index in [-0.39, 0.29) is 31.1 Å². The third-order valence-corrected chi connectivity index (χ3v) is 5.88. The predicted octanol–water partition coefficient (Wildman–Crippen LogP) is 2.33. The molecule has 2 N–H and O–H groups in total. The lowest BCUT2D eigenvalue weighted by Crippen LogP contribution is -2.33. The van der Waals surface area contributed by atoms with Gasteiger partial charge in [-0.25, -0.2) is 9.88 Å². The summed E-state index contributed by atoms with van der Waals surface area (Å²) in [6.07, 6.45) is 2.04. The number of hydrogen-bond donors (Lipinski definition) is 2. The van der Waals surface area contributed by atoms with Gasteiger partial charge in [0.2, 0.25) is 0 Å². The highest BCUT2D eigenvalue weighted by Gasteiger charge is 2.35. The number of esters is 1. The van der Waals surface area contributed by atoms with E-state index in [2.05, 4.69) is 10.1 Å². The van der Waals surface area contributed by atoms with E-state index in [1.54, 1.807) is 12.1 Å². The summed E-state index contributed by atoms with van der Waals surface area (Å²) in [5, 5.41) is 2.97. The second-order valence-electron chi connectivity index (χ2n) is 7.39. The molecule has 3 rings (SSSR count). The van der Waals surface area contributed by atoms with E-state index in [1.807, 2.05) is 32.0 Å². The minimum Gasteiger partial charge on any atom is -0.465 e. The number of benzene rings is 1. The molecular weight excluding hydrogens is 437 g/mol. The molecule has 0 amide bonds. The van der Waals surface area contributed by atoms with E-state index in [0.717, 1.165) is 6.42 Å². The van der Waals surface area contributed by atoms with E-state index >= 15 is 0 Å². The Labute approximate surface area is 186 Å². The Morgan fingerprint density at radius 1 is 1.28 bits per heavy atom. The van der Waals surface area contributed by atoms with Crippen LogP contribution in [0.1, 0.15) is 32.9 Å². The third kappa shape index (κ3) is 7.00. The fourth-order valence-corrected chi connectivity index (χ4v) is 4.30. The second kappa shape index (κ2) is 11.9. The minimum absolute atomic E-state index is 0.0328. The molecule has 2 aromatic rings. The maximum atomic E-state index is 12.1.